The summed E-state index contributed by atoms with van der Waals surface area (Å²) in [5.74, 6) is 1.28. The van der Waals surface area contributed by atoms with Gasteiger partial charge in [-0.25, -0.2) is 4.98 Å². The first kappa shape index (κ1) is 15.7. The first-order chi connectivity index (χ1) is 11.6. The Kier molecular flexibility index (Phi) is 3.87. The number of aromatic nitrogens is 2. The Bertz CT molecular complexity index is 779. The fourth-order valence-electron chi connectivity index (χ4n) is 3.99. The average Bonchev–Trinajstić information content (AvgIpc) is 2.85. The molecule has 1 aromatic heterocycles. The van der Waals surface area contributed by atoms with Crippen molar-refractivity contribution in [3.05, 3.63) is 52.6 Å². The predicted octanol–water partition coefficient (Wildman–Crippen LogP) is 3.40. The Morgan fingerprint density at radius 1 is 1.42 bits per heavy atom. The van der Waals surface area contributed by atoms with E-state index in [0.717, 1.165) is 55.7 Å². The summed E-state index contributed by atoms with van der Waals surface area (Å²) in [6.07, 6.45) is 6.85. The van der Waals surface area contributed by atoms with Gasteiger partial charge < -0.3 is 9.88 Å². The maximum absolute atomic E-state index is 13.1. The van der Waals surface area contributed by atoms with Crippen LogP contribution in [0.4, 0.5) is 0 Å². The molecule has 1 saturated carbocycles. The molecule has 1 aliphatic carbocycles. The molecule has 2 aromatic rings. The molecule has 126 valence electrons. The van der Waals surface area contributed by atoms with Crippen LogP contribution in [0.3, 0.4) is 0 Å². The molecule has 0 bridgehead atoms. The van der Waals surface area contributed by atoms with Gasteiger partial charge in [0, 0.05) is 30.2 Å². The number of imidazole rings is 1. The van der Waals surface area contributed by atoms with Crippen LogP contribution in [0, 0.1) is 6.92 Å². The van der Waals surface area contributed by atoms with Gasteiger partial charge in [0.05, 0.1) is 11.1 Å². The number of hydrogen-bond donors (Lipinski definition) is 1. The number of nitrogens with one attached hydrogen (secondary N) is 1. The molecule has 0 unspecified atom stereocenters. The average molecular weight is 344 g/mol. The van der Waals surface area contributed by atoms with E-state index >= 15 is 0 Å². The van der Waals surface area contributed by atoms with Gasteiger partial charge in [0.15, 0.2) is 0 Å². The summed E-state index contributed by atoms with van der Waals surface area (Å²) >= 11 is 6.15. The van der Waals surface area contributed by atoms with Crippen molar-refractivity contribution in [3.8, 4) is 0 Å². The second-order valence-corrected chi connectivity index (χ2v) is 7.54. The molecule has 1 fully saturated rings. The smallest absolute Gasteiger partial charge is 0.230 e. The van der Waals surface area contributed by atoms with Crippen molar-refractivity contribution < 1.29 is 4.79 Å². The highest BCUT2D eigenvalue weighted by atomic mass is 35.5. The number of benzene rings is 1. The number of carbonyl (C=O) groups excluding carboxylic acids is 1. The van der Waals surface area contributed by atoms with Crippen LogP contribution in [-0.2, 0) is 23.2 Å². The van der Waals surface area contributed by atoms with E-state index in [0.29, 0.717) is 5.02 Å². The highest BCUT2D eigenvalue weighted by Crippen LogP contribution is 2.44. The summed E-state index contributed by atoms with van der Waals surface area (Å²) < 4.78 is 2.18. The molecule has 0 radical (unpaired) electrons. The third-order valence-corrected chi connectivity index (χ3v) is 5.70. The molecular formula is C19H22ClN3O. The fourth-order valence-corrected chi connectivity index (χ4v) is 4.18. The lowest BCUT2D eigenvalue weighted by Crippen LogP contribution is -2.53. The zero-order valence-electron chi connectivity index (χ0n) is 13.9. The zero-order chi connectivity index (χ0) is 16.7. The van der Waals surface area contributed by atoms with E-state index in [9.17, 15) is 4.79 Å². The number of carbonyl (C=O) groups is 1. The Balaban J connectivity index is 1.51. The molecule has 24 heavy (non-hydrogen) atoms. The van der Waals surface area contributed by atoms with E-state index < -0.39 is 5.41 Å². The zero-order valence-corrected chi connectivity index (χ0v) is 14.6. The molecule has 4 nitrogen and oxygen atoms in total. The van der Waals surface area contributed by atoms with Crippen molar-refractivity contribution in [2.45, 2.75) is 57.0 Å². The van der Waals surface area contributed by atoms with Crippen LogP contribution in [0.15, 0.2) is 30.5 Å². The van der Waals surface area contributed by atoms with Gasteiger partial charge >= 0.3 is 0 Å². The van der Waals surface area contributed by atoms with Gasteiger partial charge in [-0.3, -0.25) is 4.79 Å². The van der Waals surface area contributed by atoms with Gasteiger partial charge in [-0.15, -0.1) is 0 Å². The number of halogens is 1. The van der Waals surface area contributed by atoms with Crippen LogP contribution in [0.25, 0.3) is 0 Å². The highest BCUT2D eigenvalue weighted by molar-refractivity contribution is 6.30. The number of hydrogen-bond acceptors (Lipinski definition) is 2. The van der Waals surface area contributed by atoms with Crippen LogP contribution in [0.2, 0.25) is 5.02 Å². The third kappa shape index (κ3) is 2.63. The normalized spacial score (nSPS) is 21.7. The van der Waals surface area contributed by atoms with E-state index in [1.54, 1.807) is 0 Å². The molecule has 1 N–H and O–H groups in total. The Morgan fingerprint density at radius 3 is 2.96 bits per heavy atom. The van der Waals surface area contributed by atoms with Gasteiger partial charge in [0.25, 0.3) is 0 Å². The topological polar surface area (TPSA) is 46.9 Å². The van der Waals surface area contributed by atoms with Crippen LogP contribution in [0.5, 0.6) is 0 Å². The molecule has 1 amide bonds. The highest BCUT2D eigenvalue weighted by Gasteiger charge is 2.46. The predicted molar refractivity (Wildman–Crippen MR) is 94.2 cm³/mol. The first-order valence-electron chi connectivity index (χ1n) is 8.66. The summed E-state index contributed by atoms with van der Waals surface area (Å²) in [6, 6.07) is 7.95. The minimum absolute atomic E-state index is 0.154. The van der Waals surface area contributed by atoms with E-state index in [1.165, 1.54) is 0 Å². The fraction of sp³-hybridized carbons (Fsp3) is 0.474. The Labute approximate surface area is 147 Å². The monoisotopic (exact) mass is 343 g/mol. The first-order valence-corrected chi connectivity index (χ1v) is 9.04. The van der Waals surface area contributed by atoms with Crippen LogP contribution in [-0.4, -0.2) is 21.5 Å². The summed E-state index contributed by atoms with van der Waals surface area (Å²) in [4.78, 5) is 17.6. The van der Waals surface area contributed by atoms with Crippen molar-refractivity contribution in [1.82, 2.24) is 14.9 Å². The van der Waals surface area contributed by atoms with Crippen LogP contribution < -0.4 is 5.32 Å². The molecule has 2 heterocycles. The van der Waals surface area contributed by atoms with Crippen molar-refractivity contribution >= 4 is 17.5 Å². The second kappa shape index (κ2) is 5.92. The molecule has 0 spiro atoms. The Hall–Kier alpha value is -1.81. The summed E-state index contributed by atoms with van der Waals surface area (Å²) in [7, 11) is 0. The second-order valence-electron chi connectivity index (χ2n) is 7.11. The van der Waals surface area contributed by atoms with Crippen LogP contribution in [0.1, 0.15) is 42.8 Å². The largest absolute Gasteiger partial charge is 0.351 e. The molecule has 4 rings (SSSR count). The standard InChI is InChI=1S/C19H22ClN3O/c1-13-11-23-12-16(6-7-17(23)21-13)22-18(24)19(8-3-9-19)14-4-2-5-15(20)10-14/h2,4-5,10-11,16H,3,6-9,12H2,1H3,(H,22,24)/t16-/m0/s1. The van der Waals surface area contributed by atoms with E-state index in [1.807, 2.05) is 31.2 Å². The molecule has 0 saturated heterocycles. The van der Waals surface area contributed by atoms with Gasteiger partial charge in [0.2, 0.25) is 5.91 Å². The van der Waals surface area contributed by atoms with E-state index in [-0.39, 0.29) is 11.9 Å². The lowest BCUT2D eigenvalue weighted by atomic mass is 9.63. The van der Waals surface area contributed by atoms with Crippen molar-refractivity contribution in [2.75, 3.05) is 0 Å². The quantitative estimate of drug-likeness (QED) is 0.928. The molecule has 5 heteroatoms. The summed E-state index contributed by atoms with van der Waals surface area (Å²) in [5, 5.41) is 4.00. The number of nitrogens with zero attached hydrogens (tertiary/aromatic N) is 2. The Morgan fingerprint density at radius 2 is 2.25 bits per heavy atom. The SMILES string of the molecule is Cc1cn2c(n1)CC[C@H](NC(=O)C1(c3cccc(Cl)c3)CCC1)C2. The van der Waals surface area contributed by atoms with Gasteiger partial charge in [-0.05, 0) is 43.9 Å². The van der Waals surface area contributed by atoms with Gasteiger partial charge in [-0.1, -0.05) is 30.2 Å². The summed E-state index contributed by atoms with van der Waals surface area (Å²) in [6.45, 7) is 2.83. The van der Waals surface area contributed by atoms with Crippen molar-refractivity contribution in [3.63, 3.8) is 0 Å². The lowest BCUT2D eigenvalue weighted by Gasteiger charge is -2.42. The van der Waals surface area contributed by atoms with Gasteiger partial charge in [-0.2, -0.15) is 0 Å². The van der Waals surface area contributed by atoms with Crippen LogP contribution >= 0.6 is 11.6 Å². The summed E-state index contributed by atoms with van der Waals surface area (Å²) in [5.41, 5.74) is 1.70. The minimum Gasteiger partial charge on any atom is -0.351 e. The minimum atomic E-state index is -0.393. The van der Waals surface area contributed by atoms with Crippen molar-refractivity contribution in [1.29, 1.82) is 0 Å². The number of rotatable bonds is 3. The number of aryl methyl sites for hydroxylation is 2. The lowest BCUT2D eigenvalue weighted by molar-refractivity contribution is -0.130. The molecule has 1 aromatic carbocycles. The molecule has 1 aliphatic heterocycles. The van der Waals surface area contributed by atoms with E-state index in [2.05, 4.69) is 21.1 Å². The maximum atomic E-state index is 13.1. The number of amides is 1. The molecule has 2 aliphatic rings. The van der Waals surface area contributed by atoms with Crippen molar-refractivity contribution in [2.24, 2.45) is 0 Å². The maximum Gasteiger partial charge on any atom is 0.230 e. The third-order valence-electron chi connectivity index (χ3n) is 5.47. The number of fused-ring (bicyclic) bond motifs is 1. The molecule has 1 atom stereocenters. The van der Waals surface area contributed by atoms with Gasteiger partial charge in [0.1, 0.15) is 5.82 Å². The van der Waals surface area contributed by atoms with E-state index in [4.69, 9.17) is 11.6 Å². The molecular weight excluding hydrogens is 322 g/mol.